The molecule has 2 aromatic rings. The molecule has 2 aliphatic rings. The van der Waals surface area contributed by atoms with Crippen LogP contribution in [0.3, 0.4) is 0 Å². The second kappa shape index (κ2) is 6.94. The Morgan fingerprint density at radius 3 is 2.76 bits per heavy atom. The number of nitrogens with zero attached hydrogens (tertiary/aromatic N) is 1. The monoisotopic (exact) mass is 340 g/mol. The quantitative estimate of drug-likeness (QED) is 0.849. The Hall–Kier alpha value is -1.62. The van der Waals surface area contributed by atoms with Crippen LogP contribution in [0, 0.1) is 11.8 Å². The fourth-order valence-electron chi connectivity index (χ4n) is 4.58. The van der Waals surface area contributed by atoms with E-state index in [1.165, 1.54) is 24.9 Å². The van der Waals surface area contributed by atoms with Gasteiger partial charge in [-0.25, -0.2) is 0 Å². The number of hydrogen-bond donors (Lipinski definition) is 2. The molecule has 2 heterocycles. The van der Waals surface area contributed by atoms with Gasteiger partial charge in [-0.3, -0.25) is 4.90 Å². The van der Waals surface area contributed by atoms with E-state index in [-0.39, 0.29) is 0 Å². The summed E-state index contributed by atoms with van der Waals surface area (Å²) in [5.41, 5.74) is 0.442. The molecule has 4 unspecified atom stereocenters. The van der Waals surface area contributed by atoms with E-state index in [9.17, 15) is 5.11 Å². The summed E-state index contributed by atoms with van der Waals surface area (Å²) in [5, 5.41) is 14.3. The van der Waals surface area contributed by atoms with Crippen molar-refractivity contribution in [2.24, 2.45) is 11.8 Å². The second-order valence-electron chi connectivity index (χ2n) is 7.92. The van der Waals surface area contributed by atoms with Gasteiger partial charge in [0.25, 0.3) is 0 Å². The molecule has 4 heteroatoms. The minimum atomic E-state index is -0.954. The summed E-state index contributed by atoms with van der Waals surface area (Å²) in [6, 6.07) is 14.9. The van der Waals surface area contributed by atoms with E-state index >= 15 is 0 Å². The van der Waals surface area contributed by atoms with Gasteiger partial charge in [0.1, 0.15) is 11.4 Å². The normalized spacial score (nSPS) is 28.8. The molecule has 1 aromatic heterocycles. The van der Waals surface area contributed by atoms with Gasteiger partial charge in [0, 0.05) is 32.2 Å². The van der Waals surface area contributed by atoms with Crippen LogP contribution in [0.1, 0.15) is 31.1 Å². The standard InChI is InChI=1S/C21H28N2O2/c1-21(24,20-8-5-11-25-20)15-22-19-10-9-17-13-23(14-18(17)19)12-16-6-3-2-4-7-16/h2-8,11,17-19,22,24H,9-10,12-15H2,1H3. The van der Waals surface area contributed by atoms with Gasteiger partial charge in [-0.05, 0) is 49.3 Å². The van der Waals surface area contributed by atoms with Crippen molar-refractivity contribution >= 4 is 0 Å². The second-order valence-corrected chi connectivity index (χ2v) is 7.92. The molecular weight excluding hydrogens is 312 g/mol. The molecule has 4 atom stereocenters. The molecule has 2 fully saturated rings. The van der Waals surface area contributed by atoms with Gasteiger partial charge in [-0.15, -0.1) is 0 Å². The van der Waals surface area contributed by atoms with Gasteiger partial charge in [-0.2, -0.15) is 0 Å². The van der Waals surface area contributed by atoms with E-state index < -0.39 is 5.60 Å². The van der Waals surface area contributed by atoms with E-state index in [0.717, 1.165) is 19.0 Å². The lowest BCUT2D eigenvalue weighted by atomic mass is 9.96. The first kappa shape index (κ1) is 16.8. The van der Waals surface area contributed by atoms with Gasteiger partial charge in [0.2, 0.25) is 0 Å². The van der Waals surface area contributed by atoms with E-state index in [2.05, 4.69) is 40.5 Å². The molecule has 4 nitrogen and oxygen atoms in total. The molecule has 0 radical (unpaired) electrons. The molecule has 2 N–H and O–H groups in total. The Labute approximate surface area is 149 Å². The lowest BCUT2D eigenvalue weighted by Crippen LogP contribution is -2.43. The zero-order valence-corrected chi connectivity index (χ0v) is 14.9. The summed E-state index contributed by atoms with van der Waals surface area (Å²) in [6.45, 7) is 5.76. The van der Waals surface area contributed by atoms with Crippen molar-refractivity contribution in [3.05, 3.63) is 60.1 Å². The predicted octanol–water partition coefficient (Wildman–Crippen LogP) is 2.99. The summed E-state index contributed by atoms with van der Waals surface area (Å²) < 4.78 is 5.39. The van der Waals surface area contributed by atoms with Crippen LogP contribution in [0.2, 0.25) is 0 Å². The molecule has 1 aliphatic heterocycles. The minimum absolute atomic E-state index is 0.493. The van der Waals surface area contributed by atoms with Crippen molar-refractivity contribution in [2.45, 2.75) is 38.0 Å². The van der Waals surface area contributed by atoms with E-state index in [4.69, 9.17) is 4.42 Å². The smallest absolute Gasteiger partial charge is 0.136 e. The van der Waals surface area contributed by atoms with Crippen molar-refractivity contribution in [3.63, 3.8) is 0 Å². The lowest BCUT2D eigenvalue weighted by Gasteiger charge is -2.27. The molecule has 1 aromatic carbocycles. The van der Waals surface area contributed by atoms with Crippen LogP contribution in [0.15, 0.2) is 53.1 Å². The van der Waals surface area contributed by atoms with Gasteiger partial charge >= 0.3 is 0 Å². The summed E-state index contributed by atoms with van der Waals surface area (Å²) >= 11 is 0. The molecule has 0 bridgehead atoms. The van der Waals surface area contributed by atoms with Crippen LogP contribution in [-0.2, 0) is 12.1 Å². The topological polar surface area (TPSA) is 48.6 Å². The Bertz CT molecular complexity index is 668. The molecule has 0 spiro atoms. The van der Waals surface area contributed by atoms with E-state index in [1.807, 2.05) is 19.1 Å². The molecule has 25 heavy (non-hydrogen) atoms. The highest BCUT2D eigenvalue weighted by molar-refractivity contribution is 5.15. The Morgan fingerprint density at radius 2 is 2.00 bits per heavy atom. The molecule has 1 aliphatic carbocycles. The number of nitrogens with one attached hydrogen (secondary N) is 1. The molecule has 4 rings (SSSR count). The van der Waals surface area contributed by atoms with Crippen molar-refractivity contribution in [3.8, 4) is 0 Å². The van der Waals surface area contributed by atoms with Crippen LogP contribution in [0.4, 0.5) is 0 Å². The SMILES string of the molecule is CC(O)(CNC1CCC2CN(Cc3ccccc3)CC21)c1ccco1. The number of furan rings is 1. The number of rotatable bonds is 6. The molecule has 0 amide bonds. The minimum Gasteiger partial charge on any atom is -0.466 e. The maximum Gasteiger partial charge on any atom is 0.136 e. The number of hydrogen-bond acceptors (Lipinski definition) is 4. The van der Waals surface area contributed by atoms with Crippen LogP contribution in [-0.4, -0.2) is 35.7 Å². The number of aliphatic hydroxyl groups is 1. The first-order valence-electron chi connectivity index (χ1n) is 9.38. The first-order valence-corrected chi connectivity index (χ1v) is 9.38. The van der Waals surface area contributed by atoms with Crippen LogP contribution >= 0.6 is 0 Å². The van der Waals surface area contributed by atoms with Crippen LogP contribution < -0.4 is 5.32 Å². The summed E-state index contributed by atoms with van der Waals surface area (Å²) in [6.07, 6.45) is 4.12. The largest absolute Gasteiger partial charge is 0.466 e. The fourth-order valence-corrected chi connectivity index (χ4v) is 4.58. The van der Waals surface area contributed by atoms with Crippen LogP contribution in [0.25, 0.3) is 0 Å². The number of fused-ring (bicyclic) bond motifs is 1. The fraction of sp³-hybridized carbons (Fsp3) is 0.524. The third-order valence-corrected chi connectivity index (χ3v) is 5.94. The van der Waals surface area contributed by atoms with Crippen molar-refractivity contribution in [2.75, 3.05) is 19.6 Å². The summed E-state index contributed by atoms with van der Waals surface area (Å²) in [7, 11) is 0. The zero-order chi connectivity index (χ0) is 17.3. The highest BCUT2D eigenvalue weighted by atomic mass is 16.4. The highest BCUT2D eigenvalue weighted by Crippen LogP contribution is 2.39. The zero-order valence-electron chi connectivity index (χ0n) is 14.9. The van der Waals surface area contributed by atoms with Crippen molar-refractivity contribution in [1.29, 1.82) is 0 Å². The van der Waals surface area contributed by atoms with Crippen molar-refractivity contribution < 1.29 is 9.52 Å². The average molecular weight is 340 g/mol. The predicted molar refractivity (Wildman–Crippen MR) is 98.0 cm³/mol. The Kier molecular flexibility index (Phi) is 4.67. The molecule has 134 valence electrons. The molecular formula is C21H28N2O2. The first-order chi connectivity index (χ1) is 12.1. The molecule has 1 saturated heterocycles. The third kappa shape index (κ3) is 3.66. The van der Waals surface area contributed by atoms with E-state index in [1.54, 1.807) is 6.26 Å². The van der Waals surface area contributed by atoms with Gasteiger partial charge in [-0.1, -0.05) is 30.3 Å². The molecule has 1 saturated carbocycles. The maximum absolute atomic E-state index is 10.7. The Balaban J connectivity index is 1.33. The third-order valence-electron chi connectivity index (χ3n) is 5.94. The lowest BCUT2D eigenvalue weighted by molar-refractivity contribution is 0.0301. The average Bonchev–Trinajstić information content (AvgIpc) is 3.32. The summed E-state index contributed by atoms with van der Waals surface area (Å²) in [4.78, 5) is 2.59. The van der Waals surface area contributed by atoms with E-state index in [0.29, 0.717) is 24.3 Å². The number of benzene rings is 1. The van der Waals surface area contributed by atoms with Crippen LogP contribution in [0.5, 0.6) is 0 Å². The summed E-state index contributed by atoms with van der Waals surface area (Å²) in [5.74, 6) is 2.11. The van der Waals surface area contributed by atoms with Gasteiger partial charge in [0.05, 0.1) is 6.26 Å². The number of likely N-dealkylation sites (tertiary alicyclic amines) is 1. The van der Waals surface area contributed by atoms with Gasteiger partial charge in [0.15, 0.2) is 0 Å². The highest BCUT2D eigenvalue weighted by Gasteiger charge is 2.43. The van der Waals surface area contributed by atoms with Gasteiger partial charge < -0.3 is 14.8 Å². The Morgan fingerprint density at radius 1 is 1.16 bits per heavy atom. The van der Waals surface area contributed by atoms with Crippen molar-refractivity contribution in [1.82, 2.24) is 10.2 Å². The maximum atomic E-state index is 10.7.